The van der Waals surface area contributed by atoms with Gasteiger partial charge in [0.15, 0.2) is 0 Å². The summed E-state index contributed by atoms with van der Waals surface area (Å²) in [5, 5.41) is 13.6. The van der Waals surface area contributed by atoms with Crippen LogP contribution < -0.4 is 5.32 Å². The van der Waals surface area contributed by atoms with Crippen LogP contribution in [0.2, 0.25) is 0 Å². The summed E-state index contributed by atoms with van der Waals surface area (Å²) in [7, 11) is 1.91. The summed E-state index contributed by atoms with van der Waals surface area (Å²) in [6, 6.07) is 6.23. The lowest BCUT2D eigenvalue weighted by Crippen LogP contribution is -2.33. The fraction of sp³-hybridized carbons (Fsp3) is 0.571. The highest BCUT2D eigenvalue weighted by Gasteiger charge is 2.29. The molecule has 16 heavy (non-hydrogen) atoms. The van der Waals surface area contributed by atoms with Crippen molar-refractivity contribution in [3.05, 3.63) is 34.9 Å². The van der Waals surface area contributed by atoms with Crippen molar-refractivity contribution in [1.82, 2.24) is 5.32 Å². The zero-order chi connectivity index (χ0) is 12.3. The molecule has 2 N–H and O–H groups in total. The lowest BCUT2D eigenvalue weighted by atomic mass is 9.81. The molecule has 0 aromatic heterocycles. The lowest BCUT2D eigenvalue weighted by Gasteiger charge is -2.31. The van der Waals surface area contributed by atoms with Crippen LogP contribution in [0.3, 0.4) is 0 Å². The quantitative estimate of drug-likeness (QED) is 0.819. The molecule has 1 unspecified atom stereocenters. The molecule has 1 rings (SSSR count). The number of aliphatic hydroxyl groups is 1. The average Bonchev–Trinajstić information content (AvgIpc) is 2.20. The van der Waals surface area contributed by atoms with Crippen LogP contribution in [0.1, 0.15) is 36.6 Å². The van der Waals surface area contributed by atoms with Gasteiger partial charge in [-0.1, -0.05) is 37.6 Å². The van der Waals surface area contributed by atoms with E-state index in [1.807, 2.05) is 14.0 Å². The van der Waals surface area contributed by atoms with Gasteiger partial charge in [-0.15, -0.1) is 0 Å². The van der Waals surface area contributed by atoms with Gasteiger partial charge in [-0.25, -0.2) is 0 Å². The third-order valence-electron chi connectivity index (χ3n) is 3.10. The molecule has 2 heteroatoms. The molecule has 0 aliphatic heterocycles. The minimum absolute atomic E-state index is 0.159. The third-order valence-corrected chi connectivity index (χ3v) is 3.10. The number of rotatable bonds is 4. The molecule has 0 heterocycles. The van der Waals surface area contributed by atoms with Crippen LogP contribution in [-0.2, 0) is 0 Å². The number of aryl methyl sites for hydroxylation is 2. The lowest BCUT2D eigenvalue weighted by molar-refractivity contribution is 0.0500. The smallest absolute Gasteiger partial charge is 0.0855 e. The van der Waals surface area contributed by atoms with E-state index in [1.54, 1.807) is 0 Å². The highest BCUT2D eigenvalue weighted by atomic mass is 16.3. The van der Waals surface area contributed by atoms with E-state index in [0.717, 1.165) is 17.7 Å². The Kier molecular flexibility index (Phi) is 4.11. The monoisotopic (exact) mass is 221 g/mol. The maximum atomic E-state index is 10.4. The van der Waals surface area contributed by atoms with Crippen LogP contribution in [0.25, 0.3) is 0 Å². The Bertz CT molecular complexity index is 358. The van der Waals surface area contributed by atoms with Crippen molar-refractivity contribution in [2.24, 2.45) is 5.41 Å². The number of benzene rings is 1. The van der Waals surface area contributed by atoms with E-state index in [2.05, 4.69) is 44.3 Å². The van der Waals surface area contributed by atoms with E-state index < -0.39 is 6.10 Å². The fourth-order valence-corrected chi connectivity index (χ4v) is 2.03. The van der Waals surface area contributed by atoms with E-state index in [-0.39, 0.29) is 5.41 Å². The summed E-state index contributed by atoms with van der Waals surface area (Å²) in [5.41, 5.74) is 3.23. The van der Waals surface area contributed by atoms with E-state index in [1.165, 1.54) is 5.56 Å². The molecule has 0 fully saturated rings. The highest BCUT2D eigenvalue weighted by molar-refractivity contribution is 5.33. The second kappa shape index (κ2) is 4.98. The molecule has 0 saturated heterocycles. The molecular formula is C14H23NO. The summed E-state index contributed by atoms with van der Waals surface area (Å²) in [5.74, 6) is 0. The summed E-state index contributed by atoms with van der Waals surface area (Å²) in [4.78, 5) is 0. The predicted molar refractivity (Wildman–Crippen MR) is 68.6 cm³/mol. The summed E-state index contributed by atoms with van der Waals surface area (Å²) < 4.78 is 0. The molecule has 0 saturated carbocycles. The van der Waals surface area contributed by atoms with Crippen molar-refractivity contribution in [2.75, 3.05) is 13.6 Å². The fourth-order valence-electron chi connectivity index (χ4n) is 2.03. The van der Waals surface area contributed by atoms with Gasteiger partial charge in [-0.2, -0.15) is 0 Å². The van der Waals surface area contributed by atoms with E-state index in [0.29, 0.717) is 0 Å². The zero-order valence-corrected chi connectivity index (χ0v) is 11.0. The van der Waals surface area contributed by atoms with Crippen molar-refractivity contribution in [2.45, 2.75) is 33.8 Å². The second-order valence-corrected chi connectivity index (χ2v) is 5.28. The maximum absolute atomic E-state index is 10.4. The first kappa shape index (κ1) is 13.2. The van der Waals surface area contributed by atoms with Crippen molar-refractivity contribution in [1.29, 1.82) is 0 Å². The van der Waals surface area contributed by atoms with Crippen molar-refractivity contribution in [3.8, 4) is 0 Å². The van der Waals surface area contributed by atoms with Crippen molar-refractivity contribution in [3.63, 3.8) is 0 Å². The first-order valence-electron chi connectivity index (χ1n) is 5.78. The van der Waals surface area contributed by atoms with Gasteiger partial charge in [0.05, 0.1) is 6.10 Å². The van der Waals surface area contributed by atoms with Gasteiger partial charge in [0.1, 0.15) is 0 Å². The SMILES string of the molecule is CNCC(C)(C)C(O)c1cc(C)ccc1C. The van der Waals surface area contributed by atoms with Crippen LogP contribution in [-0.4, -0.2) is 18.7 Å². The Morgan fingerprint density at radius 3 is 2.50 bits per heavy atom. The van der Waals surface area contributed by atoms with Gasteiger partial charge in [-0.3, -0.25) is 0 Å². The third kappa shape index (κ3) is 2.83. The molecule has 0 spiro atoms. The van der Waals surface area contributed by atoms with Gasteiger partial charge in [0, 0.05) is 12.0 Å². The van der Waals surface area contributed by atoms with Crippen molar-refractivity contribution < 1.29 is 5.11 Å². The first-order chi connectivity index (χ1) is 7.38. The second-order valence-electron chi connectivity index (χ2n) is 5.28. The normalized spacial score (nSPS) is 13.9. The molecule has 0 amide bonds. The Morgan fingerprint density at radius 2 is 1.94 bits per heavy atom. The van der Waals surface area contributed by atoms with Crippen LogP contribution in [0.5, 0.6) is 0 Å². The van der Waals surface area contributed by atoms with Crippen LogP contribution in [0.4, 0.5) is 0 Å². The Morgan fingerprint density at radius 1 is 1.31 bits per heavy atom. The molecule has 0 aliphatic carbocycles. The van der Waals surface area contributed by atoms with Gasteiger partial charge in [0.25, 0.3) is 0 Å². The van der Waals surface area contributed by atoms with Gasteiger partial charge in [-0.05, 0) is 32.0 Å². The van der Waals surface area contributed by atoms with Crippen LogP contribution >= 0.6 is 0 Å². The molecule has 1 atom stereocenters. The number of nitrogens with one attached hydrogen (secondary N) is 1. The predicted octanol–water partition coefficient (Wildman–Crippen LogP) is 2.58. The van der Waals surface area contributed by atoms with Crippen LogP contribution in [0, 0.1) is 19.3 Å². The van der Waals surface area contributed by atoms with Gasteiger partial charge >= 0.3 is 0 Å². The topological polar surface area (TPSA) is 32.3 Å². The molecule has 0 bridgehead atoms. The minimum atomic E-state index is -0.431. The molecule has 0 radical (unpaired) electrons. The van der Waals surface area contributed by atoms with E-state index in [9.17, 15) is 5.11 Å². The zero-order valence-electron chi connectivity index (χ0n) is 11.0. The Labute approximate surface area is 98.7 Å². The summed E-state index contributed by atoms with van der Waals surface area (Å²) in [6.07, 6.45) is -0.431. The van der Waals surface area contributed by atoms with E-state index in [4.69, 9.17) is 0 Å². The number of aliphatic hydroxyl groups excluding tert-OH is 1. The summed E-state index contributed by atoms with van der Waals surface area (Å²) in [6.45, 7) is 9.06. The largest absolute Gasteiger partial charge is 0.388 e. The Balaban J connectivity index is 3.03. The van der Waals surface area contributed by atoms with Gasteiger partial charge in [0.2, 0.25) is 0 Å². The standard InChI is InChI=1S/C14H23NO/c1-10-6-7-11(2)12(8-10)13(16)14(3,4)9-15-5/h6-8,13,15-16H,9H2,1-5H3. The van der Waals surface area contributed by atoms with Crippen molar-refractivity contribution >= 4 is 0 Å². The van der Waals surface area contributed by atoms with Crippen LogP contribution in [0.15, 0.2) is 18.2 Å². The Hall–Kier alpha value is -0.860. The molecule has 90 valence electrons. The molecule has 0 aliphatic rings. The maximum Gasteiger partial charge on any atom is 0.0855 e. The molecule has 2 nitrogen and oxygen atoms in total. The highest BCUT2D eigenvalue weighted by Crippen LogP contribution is 2.34. The first-order valence-corrected chi connectivity index (χ1v) is 5.78. The molecule has 1 aromatic carbocycles. The minimum Gasteiger partial charge on any atom is -0.388 e. The molecular weight excluding hydrogens is 198 g/mol. The number of hydrogen-bond acceptors (Lipinski definition) is 2. The van der Waals surface area contributed by atoms with Gasteiger partial charge < -0.3 is 10.4 Å². The molecule has 1 aromatic rings. The summed E-state index contributed by atoms with van der Waals surface area (Å²) >= 11 is 0. The number of hydrogen-bond donors (Lipinski definition) is 2. The van der Waals surface area contributed by atoms with E-state index >= 15 is 0 Å². The average molecular weight is 221 g/mol.